The normalized spacial score (nSPS) is 31.4. The van der Waals surface area contributed by atoms with Gasteiger partial charge in [-0.1, -0.05) is 11.2 Å². The number of aliphatic hydroxyl groups is 8. The quantitative estimate of drug-likeness (QED) is 0.0182. The van der Waals surface area contributed by atoms with Crippen molar-refractivity contribution in [3.8, 4) is 0 Å². The number of carbonyl (C=O) groups excluding carboxylic acids is 4. The molecule has 72 heavy (non-hydrogen) atoms. The molecular weight excluding hydrogens is 1000 g/mol. The van der Waals surface area contributed by atoms with E-state index in [0.29, 0.717) is 0 Å². The van der Waals surface area contributed by atoms with Gasteiger partial charge in [0.15, 0.2) is 12.6 Å². The van der Waals surface area contributed by atoms with Crippen LogP contribution in [0, 0.1) is 12.7 Å². The van der Waals surface area contributed by atoms with E-state index in [1.807, 2.05) is 0 Å². The van der Waals surface area contributed by atoms with Crippen molar-refractivity contribution < 1.29 is 136 Å². The summed E-state index contributed by atoms with van der Waals surface area (Å²) in [5.74, 6) is -8.82. The Bertz CT molecular complexity index is 2360. The Morgan fingerprint density at radius 3 is 2.15 bits per heavy atom. The summed E-state index contributed by atoms with van der Waals surface area (Å²) in [6.07, 6.45) is -27.3. The molecule has 3 aliphatic heterocycles. The van der Waals surface area contributed by atoms with Crippen LogP contribution in [0.4, 0.5) is 10.1 Å². The molecular formula is C41H55FN7NaO21S. The number of carbonyl (C=O) groups is 4. The van der Waals surface area contributed by atoms with Gasteiger partial charge >= 0.3 is 29.6 Å². The largest absolute Gasteiger partial charge is 1.00 e. The van der Waals surface area contributed by atoms with E-state index in [9.17, 15) is 77.9 Å². The van der Waals surface area contributed by atoms with Gasteiger partial charge in [-0.2, -0.15) is 0 Å². The number of halogens is 1. The summed E-state index contributed by atoms with van der Waals surface area (Å²) in [4.78, 5) is 53.0. The molecule has 28 nitrogen and oxygen atoms in total. The molecule has 3 saturated heterocycles. The van der Waals surface area contributed by atoms with Crippen LogP contribution in [0.3, 0.4) is 0 Å². The van der Waals surface area contributed by atoms with Crippen LogP contribution in [0.15, 0.2) is 52.5 Å². The number of azide groups is 1. The number of benzene rings is 2. The maximum absolute atomic E-state index is 13.4. The second kappa shape index (κ2) is 26.3. The van der Waals surface area contributed by atoms with Gasteiger partial charge in [-0.25, -0.2) is 12.8 Å². The molecule has 0 spiro atoms. The summed E-state index contributed by atoms with van der Waals surface area (Å²) in [7, 11) is -4.35. The molecule has 3 fully saturated rings. The smallest absolute Gasteiger partial charge is 0.544 e. The number of carboxylic acids is 1. The van der Waals surface area contributed by atoms with Gasteiger partial charge in [0.25, 0.3) is 15.9 Å². The van der Waals surface area contributed by atoms with Gasteiger partial charge < -0.3 is 95.1 Å². The van der Waals surface area contributed by atoms with Gasteiger partial charge in [-0.15, -0.1) is 0 Å². The molecule has 5 rings (SSSR count). The van der Waals surface area contributed by atoms with E-state index < -0.39 is 163 Å². The topological polar surface area (TPSA) is 440 Å². The SMILES string of the molecule is CC(=O)N[C@H]1[C@H](OCCN=[N+]=[N-])O[C@H](CO)[C@@H](O[C@@H]2O[C@H](CO)[C@H](O)[C@H](O[C@]3(C(=O)[O-])C[C@H](O)[C@@H](NC(C)=O)[C@H]([C@H](O)[C@H](O)CNC(=O)c4ccc(C)c(S(=O)(=O)Nc5ccc(F)cc5)c4)O3)[C@H]2O)[C@@H]1O.[Na+]. The summed E-state index contributed by atoms with van der Waals surface area (Å²) in [5, 5.41) is 112. The molecule has 16 atom stereocenters. The van der Waals surface area contributed by atoms with E-state index in [4.69, 9.17) is 34.0 Å². The Kier molecular flexibility index (Phi) is 22.0. The van der Waals surface area contributed by atoms with Crippen LogP contribution in [-0.4, -0.2) is 203 Å². The molecule has 0 aromatic heterocycles. The molecule has 3 amide bonds. The number of hydrogen-bond donors (Lipinski definition) is 12. The number of amides is 3. The van der Waals surface area contributed by atoms with Crippen LogP contribution in [0.5, 0.6) is 0 Å². The number of aliphatic hydroxyl groups excluding tert-OH is 8. The summed E-state index contributed by atoms with van der Waals surface area (Å²) in [6.45, 7) is 0.150. The summed E-state index contributed by atoms with van der Waals surface area (Å²) in [5.41, 5.74) is 8.52. The predicted octanol–water partition coefficient (Wildman–Crippen LogP) is -8.39. The first-order valence-corrected chi connectivity index (χ1v) is 23.1. The van der Waals surface area contributed by atoms with Crippen LogP contribution in [0.1, 0.15) is 36.2 Å². The van der Waals surface area contributed by atoms with Crippen LogP contribution < -0.4 is 55.3 Å². The molecule has 0 bridgehead atoms. The van der Waals surface area contributed by atoms with Crippen molar-refractivity contribution in [2.75, 3.05) is 37.6 Å². The van der Waals surface area contributed by atoms with Crippen molar-refractivity contribution >= 4 is 39.4 Å². The van der Waals surface area contributed by atoms with Crippen LogP contribution in [0.2, 0.25) is 0 Å². The summed E-state index contributed by atoms with van der Waals surface area (Å²) in [6, 6.07) is 4.70. The van der Waals surface area contributed by atoms with E-state index in [1.165, 1.54) is 31.2 Å². The number of sulfonamides is 1. The molecule has 0 unspecified atom stereocenters. The number of aryl methyl sites for hydroxylation is 1. The molecule has 0 aliphatic carbocycles. The molecule has 3 aliphatic rings. The molecule has 3 heterocycles. The third-order valence-corrected chi connectivity index (χ3v) is 13.0. The van der Waals surface area contributed by atoms with Gasteiger partial charge in [-0.05, 0) is 54.4 Å². The fraction of sp³-hybridized carbons (Fsp3) is 0.610. The van der Waals surface area contributed by atoms with Gasteiger partial charge in [-0.3, -0.25) is 19.1 Å². The van der Waals surface area contributed by atoms with E-state index >= 15 is 0 Å². The number of rotatable bonds is 21. The Labute approximate surface area is 431 Å². The predicted molar refractivity (Wildman–Crippen MR) is 230 cm³/mol. The summed E-state index contributed by atoms with van der Waals surface area (Å²) >= 11 is 0. The first kappa shape index (κ1) is 60.3. The van der Waals surface area contributed by atoms with Gasteiger partial charge in [0.2, 0.25) is 17.6 Å². The van der Waals surface area contributed by atoms with E-state index in [1.54, 1.807) is 0 Å². The van der Waals surface area contributed by atoms with Crippen molar-refractivity contribution in [3.05, 3.63) is 69.9 Å². The number of ether oxygens (including phenoxy) is 6. The molecule has 12 N–H and O–H groups in total. The first-order valence-electron chi connectivity index (χ1n) is 21.6. The van der Waals surface area contributed by atoms with Crippen LogP contribution in [0.25, 0.3) is 10.4 Å². The van der Waals surface area contributed by atoms with E-state index in [0.717, 1.165) is 32.0 Å². The zero-order valence-electron chi connectivity index (χ0n) is 39.0. The van der Waals surface area contributed by atoms with E-state index in [2.05, 4.69) is 30.7 Å². The van der Waals surface area contributed by atoms with Crippen molar-refractivity contribution in [2.45, 2.75) is 130 Å². The van der Waals surface area contributed by atoms with Crippen molar-refractivity contribution in [3.63, 3.8) is 0 Å². The van der Waals surface area contributed by atoms with Gasteiger partial charge in [0.1, 0.15) is 72.8 Å². The molecule has 394 valence electrons. The number of nitrogens with one attached hydrogen (secondary N) is 4. The van der Waals surface area contributed by atoms with E-state index in [-0.39, 0.29) is 64.4 Å². The molecule has 2 aromatic rings. The monoisotopic (exact) mass is 1060 g/mol. The minimum Gasteiger partial charge on any atom is -0.544 e. The Morgan fingerprint density at radius 1 is 0.931 bits per heavy atom. The second-order valence-corrected chi connectivity index (χ2v) is 18.3. The number of nitrogens with zero attached hydrogens (tertiary/aromatic N) is 3. The average molecular weight is 1060 g/mol. The minimum absolute atomic E-state index is 0. The number of hydrogen-bond acceptors (Lipinski definition) is 22. The molecule has 31 heteroatoms. The molecule has 0 radical (unpaired) electrons. The number of aliphatic carboxylic acids is 1. The Morgan fingerprint density at radius 2 is 1.56 bits per heavy atom. The van der Waals surface area contributed by atoms with Gasteiger partial charge in [0.05, 0.1) is 43.0 Å². The Balaban J connectivity index is 0.0000112. The fourth-order valence-corrected chi connectivity index (χ4v) is 9.34. The Hall–Kier alpha value is -4.25. The zero-order valence-corrected chi connectivity index (χ0v) is 41.8. The van der Waals surface area contributed by atoms with Crippen molar-refractivity contribution in [1.29, 1.82) is 0 Å². The fourth-order valence-electron chi connectivity index (χ4n) is 8.01. The van der Waals surface area contributed by atoms with Gasteiger partial charge in [0, 0.05) is 49.5 Å². The maximum Gasteiger partial charge on any atom is 1.00 e. The first-order chi connectivity index (χ1) is 33.5. The molecule has 0 saturated carbocycles. The van der Waals surface area contributed by atoms with Crippen LogP contribution >= 0.6 is 0 Å². The number of anilines is 1. The second-order valence-electron chi connectivity index (χ2n) is 16.6. The summed E-state index contributed by atoms with van der Waals surface area (Å²) < 4.78 is 76.2. The zero-order chi connectivity index (χ0) is 52.5. The van der Waals surface area contributed by atoms with Crippen molar-refractivity contribution in [2.24, 2.45) is 5.11 Å². The average Bonchev–Trinajstić information content (AvgIpc) is 3.31. The molecule has 2 aromatic carbocycles. The van der Waals surface area contributed by atoms with Crippen LogP contribution in [-0.2, 0) is 52.8 Å². The minimum atomic E-state index is -4.35. The third kappa shape index (κ3) is 14.5. The number of carboxylic acid groups (broad SMARTS) is 1. The maximum atomic E-state index is 13.4. The third-order valence-electron chi connectivity index (χ3n) is 11.5. The van der Waals surface area contributed by atoms with Crippen molar-refractivity contribution in [1.82, 2.24) is 16.0 Å². The standard InChI is InChI=1S/C41H56FN7O21S.Na/c1-17-4-5-20(12-27(17)71(63,64)48-22-8-6-21(42)7-9-22)37(60)44-14-24(55)30(56)35-28(46-18(2)52)23(54)13-41(69-35,40(61)62)70-36-31(57)25(15-50)66-39(33(36)59)68-34-26(16-51)67-38(65-11-10-45-49-43)29(32(34)58)47-19(3)53;/h4-9,12,23-26,28-36,38-39,48,50-51,54-59H,10-11,13-16H2,1-3H3,(H,44,60)(H,46,52)(H,47,53)(H,61,62);/q;+1/p-1/t23-,24+,25+,26+,28+,29+,30+,31-,32+,33+,34+,35+,36-,38+,39-,41-;/m0./s1.